The number of benzene rings is 1. The molecule has 1 fully saturated rings. The first-order valence-electron chi connectivity index (χ1n) is 6.47. The van der Waals surface area contributed by atoms with E-state index < -0.39 is 0 Å². The molecule has 1 aromatic carbocycles. The molecule has 1 aliphatic rings. The second-order valence-electron chi connectivity index (χ2n) is 4.79. The minimum absolute atomic E-state index is 0.461. The lowest BCUT2D eigenvalue weighted by molar-refractivity contribution is 0.116. The van der Waals surface area contributed by atoms with Gasteiger partial charge in [-0.15, -0.1) is 0 Å². The second kappa shape index (κ2) is 7.10. The molecule has 0 aromatic heterocycles. The highest BCUT2D eigenvalue weighted by Crippen LogP contribution is 2.12. The molecule has 2 rings (SSSR count). The maximum Gasteiger partial charge on any atom is 0.0628 e. The van der Waals surface area contributed by atoms with Crippen molar-refractivity contribution in [2.45, 2.75) is 12.5 Å². The SMILES string of the molecule is COCC1CN(CCc2cccc(Cl)c2)CCN1. The van der Waals surface area contributed by atoms with Crippen LogP contribution in [0.2, 0.25) is 5.02 Å². The first-order chi connectivity index (χ1) is 8.78. The van der Waals surface area contributed by atoms with Gasteiger partial charge in [-0.2, -0.15) is 0 Å². The highest BCUT2D eigenvalue weighted by molar-refractivity contribution is 6.30. The first kappa shape index (κ1) is 13.8. The molecule has 1 N–H and O–H groups in total. The van der Waals surface area contributed by atoms with E-state index >= 15 is 0 Å². The van der Waals surface area contributed by atoms with Gasteiger partial charge in [-0.1, -0.05) is 23.7 Å². The molecular weight excluding hydrogens is 248 g/mol. The van der Waals surface area contributed by atoms with Crippen molar-refractivity contribution in [3.05, 3.63) is 34.9 Å². The lowest BCUT2D eigenvalue weighted by Gasteiger charge is -2.33. The molecule has 0 saturated carbocycles. The maximum absolute atomic E-state index is 5.99. The average Bonchev–Trinajstić information content (AvgIpc) is 2.37. The van der Waals surface area contributed by atoms with Gasteiger partial charge in [-0.05, 0) is 24.1 Å². The molecule has 1 heterocycles. The molecule has 0 radical (unpaired) electrons. The summed E-state index contributed by atoms with van der Waals surface area (Å²) in [5.74, 6) is 0. The van der Waals surface area contributed by atoms with Crippen LogP contribution in [0.4, 0.5) is 0 Å². The van der Waals surface area contributed by atoms with E-state index in [2.05, 4.69) is 22.3 Å². The highest BCUT2D eigenvalue weighted by atomic mass is 35.5. The van der Waals surface area contributed by atoms with Crippen molar-refractivity contribution in [2.75, 3.05) is 39.9 Å². The fourth-order valence-corrected chi connectivity index (χ4v) is 2.60. The van der Waals surface area contributed by atoms with E-state index in [9.17, 15) is 0 Å². The predicted molar refractivity (Wildman–Crippen MR) is 75.3 cm³/mol. The molecule has 3 nitrogen and oxygen atoms in total. The van der Waals surface area contributed by atoms with Crippen LogP contribution in [0.25, 0.3) is 0 Å². The molecular formula is C14H21ClN2O. The zero-order valence-corrected chi connectivity index (χ0v) is 11.6. The Balaban J connectivity index is 1.79. The summed E-state index contributed by atoms with van der Waals surface area (Å²) in [6, 6.07) is 8.59. The van der Waals surface area contributed by atoms with Gasteiger partial charge in [0.1, 0.15) is 0 Å². The van der Waals surface area contributed by atoms with Gasteiger partial charge in [0.2, 0.25) is 0 Å². The van der Waals surface area contributed by atoms with E-state index in [-0.39, 0.29) is 0 Å². The summed E-state index contributed by atoms with van der Waals surface area (Å²) in [4.78, 5) is 2.49. The Morgan fingerprint density at radius 3 is 3.17 bits per heavy atom. The molecule has 1 unspecified atom stereocenters. The number of hydrogen-bond donors (Lipinski definition) is 1. The van der Waals surface area contributed by atoms with Gasteiger partial charge < -0.3 is 15.0 Å². The number of nitrogens with zero attached hydrogens (tertiary/aromatic N) is 1. The summed E-state index contributed by atoms with van der Waals surface area (Å²) >= 11 is 5.99. The molecule has 100 valence electrons. The number of methoxy groups -OCH3 is 1. The van der Waals surface area contributed by atoms with Crippen LogP contribution in [0.3, 0.4) is 0 Å². The molecule has 0 aliphatic carbocycles. The van der Waals surface area contributed by atoms with E-state index in [0.29, 0.717) is 6.04 Å². The van der Waals surface area contributed by atoms with E-state index in [0.717, 1.165) is 44.2 Å². The van der Waals surface area contributed by atoms with Crippen LogP contribution >= 0.6 is 11.6 Å². The van der Waals surface area contributed by atoms with Crippen LogP contribution in [0.5, 0.6) is 0 Å². The number of hydrogen-bond acceptors (Lipinski definition) is 3. The average molecular weight is 269 g/mol. The van der Waals surface area contributed by atoms with Crippen LogP contribution in [-0.2, 0) is 11.2 Å². The van der Waals surface area contributed by atoms with Gasteiger partial charge in [0.15, 0.2) is 0 Å². The summed E-state index contributed by atoms with van der Waals surface area (Å²) in [5, 5.41) is 4.29. The predicted octanol–water partition coefficient (Wildman–Crippen LogP) is 1.80. The largest absolute Gasteiger partial charge is 0.383 e. The second-order valence-corrected chi connectivity index (χ2v) is 5.22. The lowest BCUT2D eigenvalue weighted by Crippen LogP contribution is -2.52. The zero-order chi connectivity index (χ0) is 12.8. The fraction of sp³-hybridized carbons (Fsp3) is 0.571. The Morgan fingerprint density at radius 2 is 2.39 bits per heavy atom. The van der Waals surface area contributed by atoms with Gasteiger partial charge in [0.25, 0.3) is 0 Å². The van der Waals surface area contributed by atoms with E-state index in [1.807, 2.05) is 12.1 Å². The van der Waals surface area contributed by atoms with Gasteiger partial charge in [-0.25, -0.2) is 0 Å². The Kier molecular flexibility index (Phi) is 5.45. The van der Waals surface area contributed by atoms with Crippen LogP contribution in [0.15, 0.2) is 24.3 Å². The first-order valence-corrected chi connectivity index (χ1v) is 6.85. The van der Waals surface area contributed by atoms with Gasteiger partial charge >= 0.3 is 0 Å². The van der Waals surface area contributed by atoms with Crippen molar-refractivity contribution in [2.24, 2.45) is 0 Å². The molecule has 4 heteroatoms. The molecule has 0 bridgehead atoms. The molecule has 1 atom stereocenters. The lowest BCUT2D eigenvalue weighted by atomic mass is 10.1. The summed E-state index contributed by atoms with van der Waals surface area (Å²) in [6.45, 7) is 5.09. The monoisotopic (exact) mass is 268 g/mol. The molecule has 18 heavy (non-hydrogen) atoms. The number of rotatable bonds is 5. The Bertz CT molecular complexity index is 371. The third-order valence-corrected chi connectivity index (χ3v) is 3.55. The van der Waals surface area contributed by atoms with Crippen LogP contribution in [0.1, 0.15) is 5.56 Å². The van der Waals surface area contributed by atoms with Crippen molar-refractivity contribution >= 4 is 11.6 Å². The summed E-state index contributed by atoms with van der Waals surface area (Å²) in [5.41, 5.74) is 1.31. The number of halogens is 1. The molecule has 1 aromatic rings. The van der Waals surface area contributed by atoms with Crippen LogP contribution < -0.4 is 5.32 Å². The van der Waals surface area contributed by atoms with E-state index in [4.69, 9.17) is 16.3 Å². The smallest absolute Gasteiger partial charge is 0.0628 e. The molecule has 0 spiro atoms. The van der Waals surface area contributed by atoms with Crippen LogP contribution in [-0.4, -0.2) is 50.8 Å². The normalized spacial score (nSPS) is 21.1. The van der Waals surface area contributed by atoms with Crippen molar-refractivity contribution in [1.29, 1.82) is 0 Å². The quantitative estimate of drug-likeness (QED) is 0.881. The summed E-state index contributed by atoms with van der Waals surface area (Å²) < 4.78 is 5.20. The van der Waals surface area contributed by atoms with Crippen molar-refractivity contribution in [1.82, 2.24) is 10.2 Å². The molecule has 1 aliphatic heterocycles. The Hall–Kier alpha value is -0.610. The Morgan fingerprint density at radius 1 is 1.50 bits per heavy atom. The maximum atomic E-state index is 5.99. The topological polar surface area (TPSA) is 24.5 Å². The van der Waals surface area contributed by atoms with Crippen molar-refractivity contribution in [3.63, 3.8) is 0 Å². The molecule has 1 saturated heterocycles. The number of ether oxygens (including phenoxy) is 1. The van der Waals surface area contributed by atoms with E-state index in [1.54, 1.807) is 7.11 Å². The molecule has 0 amide bonds. The third-order valence-electron chi connectivity index (χ3n) is 3.31. The van der Waals surface area contributed by atoms with Gasteiger partial charge in [0.05, 0.1) is 6.61 Å². The van der Waals surface area contributed by atoms with Crippen LogP contribution in [0, 0.1) is 0 Å². The summed E-state index contributed by atoms with van der Waals surface area (Å²) in [7, 11) is 1.76. The third kappa shape index (κ3) is 4.25. The zero-order valence-electron chi connectivity index (χ0n) is 10.9. The van der Waals surface area contributed by atoms with Crippen molar-refractivity contribution in [3.8, 4) is 0 Å². The standard InChI is InChI=1S/C14H21ClN2O/c1-18-11-14-10-17(8-6-16-14)7-5-12-3-2-4-13(15)9-12/h2-4,9,14,16H,5-8,10-11H2,1H3. The van der Waals surface area contributed by atoms with Gasteiger partial charge in [0, 0.05) is 44.4 Å². The fourth-order valence-electron chi connectivity index (χ4n) is 2.39. The highest BCUT2D eigenvalue weighted by Gasteiger charge is 2.18. The van der Waals surface area contributed by atoms with E-state index in [1.165, 1.54) is 5.56 Å². The Labute approximate surface area is 114 Å². The minimum Gasteiger partial charge on any atom is -0.383 e. The minimum atomic E-state index is 0.461. The van der Waals surface area contributed by atoms with Gasteiger partial charge in [-0.3, -0.25) is 0 Å². The number of nitrogens with one attached hydrogen (secondary N) is 1. The number of piperazine rings is 1. The summed E-state index contributed by atoms with van der Waals surface area (Å²) in [6.07, 6.45) is 1.06. The van der Waals surface area contributed by atoms with Crippen molar-refractivity contribution < 1.29 is 4.74 Å².